The molecule has 0 amide bonds. The van der Waals surface area contributed by atoms with Crippen LogP contribution >= 0.6 is 0 Å². The number of para-hydroxylation sites is 3. The zero-order valence-corrected chi connectivity index (χ0v) is 47.6. The molecule has 0 saturated carbocycles. The summed E-state index contributed by atoms with van der Waals surface area (Å²) < 4.78 is 87.7. The fraction of sp³-hybridized carbons (Fsp3) is 0.229. The van der Waals surface area contributed by atoms with Gasteiger partial charge >= 0.3 is 0 Å². The van der Waals surface area contributed by atoms with Crippen molar-refractivity contribution in [2.24, 2.45) is 5.92 Å². The molecule has 0 bridgehead atoms. The molecule has 1 aliphatic rings. The third-order valence-corrected chi connectivity index (χ3v) is 14.4. The van der Waals surface area contributed by atoms with Crippen molar-refractivity contribution in [1.82, 2.24) is 9.55 Å². The molecule has 3 aromatic heterocycles. The van der Waals surface area contributed by atoms with Gasteiger partial charge in [-0.1, -0.05) is 166 Å². The fourth-order valence-corrected chi connectivity index (χ4v) is 10.4. The van der Waals surface area contributed by atoms with Gasteiger partial charge in [0.25, 0.3) is 0 Å². The van der Waals surface area contributed by atoms with Crippen LogP contribution in [0.2, 0.25) is 0 Å². The number of ether oxygens (including phenoxy) is 1. The number of pyridine rings is 1. The molecule has 0 radical (unpaired) electrons. The van der Waals surface area contributed by atoms with E-state index in [4.69, 9.17) is 22.4 Å². The molecule has 4 heterocycles. The monoisotopic (exact) mass is 1200 g/mol. The second-order valence-electron chi connectivity index (χ2n) is 23.3. The predicted molar refractivity (Wildman–Crippen MR) is 317 cm³/mol. The van der Waals surface area contributed by atoms with Crippen molar-refractivity contribution < 1.29 is 41.2 Å². The van der Waals surface area contributed by atoms with E-state index < -0.39 is 29.9 Å². The van der Waals surface area contributed by atoms with Crippen LogP contribution in [0.4, 0.5) is 22.7 Å². The Hall–Kier alpha value is -7.40. The van der Waals surface area contributed by atoms with Crippen LogP contribution in [0.1, 0.15) is 109 Å². The van der Waals surface area contributed by atoms with Crippen LogP contribution < -0.4 is 14.5 Å². The van der Waals surface area contributed by atoms with Crippen molar-refractivity contribution in [2.45, 2.75) is 98.8 Å². The molecule has 0 aliphatic carbocycles. The minimum absolute atomic E-state index is 0. The smallest absolute Gasteiger partial charge is 0.135 e. The number of anilines is 4. The minimum atomic E-state index is -1.75. The van der Waals surface area contributed by atoms with Crippen LogP contribution in [-0.4, -0.2) is 9.55 Å². The molecule has 0 atom stereocenters. The Morgan fingerprint density at radius 3 is 1.97 bits per heavy atom. The number of aromatic nitrogens is 2. The number of nitrogens with zero attached hydrogens (tertiary/aromatic N) is 4. The first kappa shape index (κ1) is 42.7. The SMILES string of the molecule is [2H]c1cc(C([2H])([2H])C(C)C)cc(-n2c3[c-]c(Oc4[c-]c(N5[CH-]N(c6c(-c7cc(C(C)(C)C)cc(C(C)(C)C)c7)cc(C(C)(C)C)cc6-c6c([2H])c([2H])c([2H])c([2H])c6[2H])c6ccccc65)ccc4)ccc3c3c4oc5ccccc5c4ccc32)n1.[Pt]. The first-order valence-corrected chi connectivity index (χ1v) is 26.1. The Morgan fingerprint density at radius 1 is 0.636 bits per heavy atom. The molecule has 390 valence electrons. The third-order valence-electron chi connectivity index (χ3n) is 14.4. The van der Waals surface area contributed by atoms with Gasteiger partial charge in [0.15, 0.2) is 0 Å². The Balaban J connectivity index is 0.00000752. The van der Waals surface area contributed by atoms with Crippen molar-refractivity contribution in [1.29, 1.82) is 0 Å². The largest absolute Gasteiger partial charge is 0.509 e. The number of hydrogen-bond acceptors (Lipinski definition) is 5. The second-order valence-corrected chi connectivity index (χ2v) is 23.3. The maximum absolute atomic E-state index is 9.48. The van der Waals surface area contributed by atoms with Crippen molar-refractivity contribution in [3.8, 4) is 39.6 Å². The molecule has 0 fully saturated rings. The van der Waals surface area contributed by atoms with E-state index in [0.717, 1.165) is 71.8 Å². The zero-order valence-electron chi connectivity index (χ0n) is 53.3. The summed E-state index contributed by atoms with van der Waals surface area (Å²) in [5, 5.41) is 3.53. The molecular formula is C70H65N4O2Pt-3. The summed E-state index contributed by atoms with van der Waals surface area (Å²) in [5.41, 5.74) is 10.7. The summed E-state index contributed by atoms with van der Waals surface area (Å²) in [6.07, 6.45) is -1.82. The Morgan fingerprint density at radius 2 is 1.27 bits per heavy atom. The van der Waals surface area contributed by atoms with Gasteiger partial charge in [0, 0.05) is 86.0 Å². The summed E-state index contributed by atoms with van der Waals surface area (Å²) in [6, 6.07) is 48.8. The van der Waals surface area contributed by atoms with E-state index in [9.17, 15) is 2.74 Å². The molecule has 11 aromatic rings. The normalized spacial score (nSPS) is 14.8. The van der Waals surface area contributed by atoms with E-state index >= 15 is 0 Å². The average molecular weight is 1200 g/mol. The fourth-order valence-electron chi connectivity index (χ4n) is 10.4. The Bertz CT molecular complexity index is 4450. The summed E-state index contributed by atoms with van der Waals surface area (Å²) in [6.45, 7) is 25.2. The van der Waals surface area contributed by atoms with Crippen LogP contribution in [0.25, 0.3) is 71.8 Å². The van der Waals surface area contributed by atoms with E-state index in [-0.39, 0.29) is 61.6 Å². The summed E-state index contributed by atoms with van der Waals surface area (Å²) in [7, 11) is 0. The molecule has 0 spiro atoms. The summed E-state index contributed by atoms with van der Waals surface area (Å²) in [4.78, 5) is 8.81. The van der Waals surface area contributed by atoms with Crippen molar-refractivity contribution >= 4 is 66.5 Å². The van der Waals surface area contributed by atoms with E-state index in [1.54, 1.807) is 6.07 Å². The zero-order chi connectivity index (χ0) is 59.9. The Kier molecular flexibility index (Phi) is 10.8. The second kappa shape index (κ2) is 19.6. The molecule has 0 unspecified atom stereocenters. The molecule has 12 rings (SSSR count). The molecule has 0 N–H and O–H groups in total. The summed E-state index contributed by atoms with van der Waals surface area (Å²) >= 11 is 0. The average Bonchev–Trinajstić information content (AvgIpc) is 1.86. The van der Waals surface area contributed by atoms with Crippen LogP contribution in [-0.2, 0) is 43.7 Å². The topological polar surface area (TPSA) is 46.7 Å². The summed E-state index contributed by atoms with van der Waals surface area (Å²) in [5.74, 6) is 0.734. The first-order valence-electron chi connectivity index (χ1n) is 30.1. The molecule has 7 heteroatoms. The van der Waals surface area contributed by atoms with Crippen molar-refractivity contribution in [2.75, 3.05) is 9.80 Å². The van der Waals surface area contributed by atoms with Gasteiger partial charge in [-0.15, -0.1) is 42.7 Å². The van der Waals surface area contributed by atoms with Gasteiger partial charge in [-0.3, -0.25) is 0 Å². The van der Waals surface area contributed by atoms with Gasteiger partial charge in [-0.05, 0) is 122 Å². The van der Waals surface area contributed by atoms with Gasteiger partial charge in [0.1, 0.15) is 17.0 Å². The quantitative estimate of drug-likeness (QED) is 0.135. The van der Waals surface area contributed by atoms with Crippen LogP contribution in [0.15, 0.2) is 174 Å². The number of hydrogen-bond donors (Lipinski definition) is 0. The number of benzene rings is 8. The van der Waals surface area contributed by atoms with Crippen LogP contribution in [0, 0.1) is 24.7 Å². The maximum Gasteiger partial charge on any atom is 0.135 e. The van der Waals surface area contributed by atoms with Crippen LogP contribution in [0.3, 0.4) is 0 Å². The molecule has 1 aliphatic heterocycles. The van der Waals surface area contributed by atoms with Crippen LogP contribution in [0.5, 0.6) is 11.5 Å². The number of furan rings is 1. The minimum Gasteiger partial charge on any atom is -0.509 e. The van der Waals surface area contributed by atoms with Crippen molar-refractivity contribution in [3.05, 3.63) is 211 Å². The van der Waals surface area contributed by atoms with E-state index in [0.29, 0.717) is 50.9 Å². The van der Waals surface area contributed by atoms with Crippen molar-refractivity contribution in [3.63, 3.8) is 0 Å². The maximum atomic E-state index is 9.48. The number of fused-ring (bicyclic) bond motifs is 8. The van der Waals surface area contributed by atoms with Gasteiger partial charge < -0.3 is 23.5 Å². The standard InChI is InChI=1S/C70H65N4O2.Pt/c1-44(2)34-45-32-33-71-64(35-45)74-61-31-30-55-54-24-15-18-27-63(54)76-67(55)65(61)56-29-28-53(42-62(56)74)75-52-23-19-22-51(41-52)72-43-73(60-26-17-16-25-59(60)72)66-57(46-20-13-12-14-21-46)39-50(70(9,10)11)40-58(66)47-36-48(68(3,4)5)38-49(37-47)69(6,7)8;/h12-33,35-40,43-44H,34H2,1-11H3;/q-3;/i12D,13D,14D,20D,21D,33D,34D2;. The Labute approximate surface area is 479 Å². The third kappa shape index (κ3) is 9.54. The van der Waals surface area contributed by atoms with Gasteiger partial charge in [-0.2, -0.15) is 12.1 Å². The molecule has 77 heavy (non-hydrogen) atoms. The predicted octanol–water partition coefficient (Wildman–Crippen LogP) is 19.3. The van der Waals surface area contributed by atoms with Gasteiger partial charge in [-0.25, -0.2) is 4.98 Å². The van der Waals surface area contributed by atoms with E-state index in [2.05, 4.69) is 104 Å². The molecule has 6 nitrogen and oxygen atoms in total. The van der Waals surface area contributed by atoms with E-state index in [1.807, 2.05) is 127 Å². The van der Waals surface area contributed by atoms with Gasteiger partial charge in [0.2, 0.25) is 0 Å². The van der Waals surface area contributed by atoms with E-state index in [1.165, 1.54) is 6.07 Å². The molecule has 0 saturated heterocycles. The molecule has 8 aromatic carbocycles. The number of rotatable bonds is 9. The van der Waals surface area contributed by atoms with Gasteiger partial charge in [0.05, 0.1) is 8.22 Å². The molecular weight excluding hydrogens is 1120 g/mol. The first-order chi connectivity index (χ1) is 39.6.